The third kappa shape index (κ3) is 53.2. The van der Waals surface area contributed by atoms with Crippen LogP contribution in [0.1, 0.15) is 194 Å². The molecular formula is C57H94NO8P. The summed E-state index contributed by atoms with van der Waals surface area (Å²) in [5.74, 6) is -0.561. The van der Waals surface area contributed by atoms with Gasteiger partial charge in [0.05, 0.1) is 13.2 Å². The maximum atomic E-state index is 12.2. The van der Waals surface area contributed by atoms with E-state index in [0.29, 0.717) is 12.8 Å². The Morgan fingerprint density at radius 3 is 1.28 bits per heavy atom. The first-order chi connectivity index (χ1) is 32.8. The summed E-state index contributed by atoms with van der Waals surface area (Å²) in [5, 5.41) is 12.7. The monoisotopic (exact) mass is 952 g/mol. The van der Waals surface area contributed by atoms with Crippen LogP contribution in [-0.2, 0) is 27.9 Å². The van der Waals surface area contributed by atoms with Gasteiger partial charge in [0.25, 0.3) is 0 Å². The van der Waals surface area contributed by atoms with E-state index in [0.717, 1.165) is 109 Å². The molecule has 0 aromatic rings. The van der Waals surface area contributed by atoms with E-state index in [9.17, 15) is 24.2 Å². The molecule has 0 aromatic heterocycles. The number of unbranched alkanes of at least 4 members (excludes halogenated alkanes) is 14. The minimum Gasteiger partial charge on any atom is -0.463 e. The second-order valence-electron chi connectivity index (χ2n) is 16.8. The maximum absolute atomic E-state index is 12.2. The molecule has 0 bridgehead atoms. The number of ether oxygens (including phenoxy) is 1. The van der Waals surface area contributed by atoms with Crippen LogP contribution >= 0.6 is 7.82 Å². The van der Waals surface area contributed by atoms with E-state index < -0.39 is 26.5 Å². The molecule has 0 aliphatic carbocycles. The number of hydrogen-bond donors (Lipinski definition) is 3. The predicted octanol–water partition coefficient (Wildman–Crippen LogP) is 15.7. The fourth-order valence-electron chi connectivity index (χ4n) is 6.48. The van der Waals surface area contributed by atoms with Gasteiger partial charge in [-0.05, 0) is 109 Å². The highest BCUT2D eigenvalue weighted by Gasteiger charge is 2.23. The van der Waals surface area contributed by atoms with Crippen molar-refractivity contribution in [1.29, 1.82) is 0 Å². The standard InChI is InChI=1S/C57H94NO8P/c1-3-5-7-9-11-13-15-17-19-21-23-25-27-29-31-33-35-37-39-41-43-45-47-49-56(60)58-51-52-65-67(62,63)66-54-55(59)53-64-57(61)50-48-46-44-42-40-38-36-34-32-30-28-26-24-22-20-18-16-14-12-10-8-6-4-2/h6,8,11-14,17-20,23-26,29-32,36,38,55,59H,3-5,7,9-10,15-16,21-22,27-28,33-35,37,39-54H2,1-2H3,(H,58,60)(H,62,63)/b8-6-,13-11-,14-12-,19-17-,20-18-,25-23-,26-24-,31-29-,32-30-,38-36-. The third-order valence-corrected chi connectivity index (χ3v) is 11.4. The third-order valence-electron chi connectivity index (χ3n) is 10.4. The van der Waals surface area contributed by atoms with Crippen molar-refractivity contribution in [3.63, 3.8) is 0 Å². The highest BCUT2D eigenvalue weighted by atomic mass is 31.2. The number of nitrogens with one attached hydrogen (secondary N) is 1. The van der Waals surface area contributed by atoms with Gasteiger partial charge in [0, 0.05) is 19.4 Å². The molecule has 0 saturated carbocycles. The molecule has 0 saturated heterocycles. The number of hydrogen-bond acceptors (Lipinski definition) is 7. The quantitative estimate of drug-likeness (QED) is 0.0238. The summed E-state index contributed by atoms with van der Waals surface area (Å²) in [7, 11) is -4.44. The molecule has 1 amide bonds. The summed E-state index contributed by atoms with van der Waals surface area (Å²) < 4.78 is 27.0. The van der Waals surface area contributed by atoms with Crippen molar-refractivity contribution in [3.05, 3.63) is 122 Å². The van der Waals surface area contributed by atoms with Crippen LogP contribution in [0.4, 0.5) is 0 Å². The van der Waals surface area contributed by atoms with Gasteiger partial charge in [-0.3, -0.25) is 18.6 Å². The lowest BCUT2D eigenvalue weighted by atomic mass is 10.1. The van der Waals surface area contributed by atoms with Gasteiger partial charge in [0.1, 0.15) is 12.7 Å². The molecule has 0 radical (unpaired) electrons. The molecule has 0 spiro atoms. The molecule has 2 atom stereocenters. The van der Waals surface area contributed by atoms with Crippen molar-refractivity contribution >= 4 is 19.7 Å². The Morgan fingerprint density at radius 2 is 0.851 bits per heavy atom. The largest absolute Gasteiger partial charge is 0.472 e. The van der Waals surface area contributed by atoms with Gasteiger partial charge in [-0.1, -0.05) is 193 Å². The molecule has 0 aliphatic heterocycles. The Bertz CT molecular complexity index is 1500. The fourth-order valence-corrected chi connectivity index (χ4v) is 7.24. The Balaban J connectivity index is 3.67. The molecule has 10 heteroatoms. The van der Waals surface area contributed by atoms with E-state index in [1.165, 1.54) is 51.4 Å². The molecule has 0 aromatic carbocycles. The minimum atomic E-state index is -4.44. The molecule has 2 unspecified atom stereocenters. The number of rotatable bonds is 47. The van der Waals surface area contributed by atoms with Gasteiger partial charge >= 0.3 is 13.8 Å². The van der Waals surface area contributed by atoms with Crippen LogP contribution in [0.25, 0.3) is 0 Å². The number of phosphoric ester groups is 1. The van der Waals surface area contributed by atoms with Crippen molar-refractivity contribution in [3.8, 4) is 0 Å². The van der Waals surface area contributed by atoms with E-state index in [1.54, 1.807) is 0 Å². The highest BCUT2D eigenvalue weighted by molar-refractivity contribution is 7.47. The molecule has 0 rings (SSSR count). The van der Waals surface area contributed by atoms with E-state index >= 15 is 0 Å². The lowest BCUT2D eigenvalue weighted by Crippen LogP contribution is -2.27. The van der Waals surface area contributed by atoms with Gasteiger partial charge in [0.2, 0.25) is 5.91 Å². The average Bonchev–Trinajstić information content (AvgIpc) is 3.32. The molecule has 3 N–H and O–H groups in total. The number of allylic oxidation sites excluding steroid dienone is 20. The SMILES string of the molecule is CC/C=C\C/C=C\C/C=C\C/C=C\C/C=C\C/C=C\CCCCCCC(=O)OCC(O)COP(=O)(O)OCCNC(=O)CCCCCCCCC/C=C\C/C=C\C/C=C\C/C=C\CCCCC. The fraction of sp³-hybridized carbons (Fsp3) is 0.614. The zero-order chi connectivity index (χ0) is 48.8. The lowest BCUT2D eigenvalue weighted by molar-refractivity contribution is -0.147. The molecular weight excluding hydrogens is 858 g/mol. The number of aliphatic hydroxyl groups excluding tert-OH is 1. The number of phosphoric acid groups is 1. The number of esters is 1. The predicted molar refractivity (Wildman–Crippen MR) is 284 cm³/mol. The minimum absolute atomic E-state index is 0.0643. The maximum Gasteiger partial charge on any atom is 0.472 e. The van der Waals surface area contributed by atoms with Crippen LogP contribution in [0.15, 0.2) is 122 Å². The van der Waals surface area contributed by atoms with Crippen molar-refractivity contribution in [2.45, 2.75) is 200 Å². The molecule has 0 aliphatic rings. The summed E-state index contributed by atoms with van der Waals surface area (Å²) in [6, 6.07) is 0. The van der Waals surface area contributed by atoms with Crippen LogP contribution in [0, 0.1) is 0 Å². The molecule has 67 heavy (non-hydrogen) atoms. The Morgan fingerprint density at radius 1 is 0.478 bits per heavy atom. The zero-order valence-electron chi connectivity index (χ0n) is 42.0. The average molecular weight is 952 g/mol. The lowest BCUT2D eigenvalue weighted by Gasteiger charge is -2.15. The van der Waals surface area contributed by atoms with Gasteiger partial charge in [-0.15, -0.1) is 0 Å². The first-order valence-corrected chi connectivity index (χ1v) is 27.5. The van der Waals surface area contributed by atoms with Crippen LogP contribution in [-0.4, -0.2) is 54.3 Å². The van der Waals surface area contributed by atoms with Gasteiger partial charge < -0.3 is 20.1 Å². The summed E-state index contributed by atoms with van der Waals surface area (Å²) >= 11 is 0. The van der Waals surface area contributed by atoms with Crippen LogP contribution in [0.3, 0.4) is 0 Å². The zero-order valence-corrected chi connectivity index (χ0v) is 42.9. The van der Waals surface area contributed by atoms with E-state index in [4.69, 9.17) is 13.8 Å². The van der Waals surface area contributed by atoms with E-state index in [-0.39, 0.29) is 32.1 Å². The van der Waals surface area contributed by atoms with Gasteiger partial charge in [-0.2, -0.15) is 0 Å². The van der Waals surface area contributed by atoms with Crippen molar-refractivity contribution < 1.29 is 37.9 Å². The molecule has 0 heterocycles. The molecule has 9 nitrogen and oxygen atoms in total. The normalized spacial score (nSPS) is 14.1. The van der Waals surface area contributed by atoms with Crippen LogP contribution in [0.5, 0.6) is 0 Å². The first-order valence-electron chi connectivity index (χ1n) is 26.0. The number of carbonyl (C=O) groups is 2. The van der Waals surface area contributed by atoms with Crippen molar-refractivity contribution in [2.75, 3.05) is 26.4 Å². The van der Waals surface area contributed by atoms with Gasteiger partial charge in [0.15, 0.2) is 0 Å². The molecule has 0 fully saturated rings. The highest BCUT2D eigenvalue weighted by Crippen LogP contribution is 2.42. The van der Waals surface area contributed by atoms with Crippen LogP contribution in [0.2, 0.25) is 0 Å². The summed E-state index contributed by atoms with van der Waals surface area (Å²) in [6.07, 6.45) is 71.3. The van der Waals surface area contributed by atoms with Crippen LogP contribution < -0.4 is 5.32 Å². The Labute approximate surface area is 409 Å². The first kappa shape index (κ1) is 63.4. The number of amides is 1. The topological polar surface area (TPSA) is 131 Å². The summed E-state index contributed by atoms with van der Waals surface area (Å²) in [5.41, 5.74) is 0. The molecule has 380 valence electrons. The summed E-state index contributed by atoms with van der Waals surface area (Å²) in [4.78, 5) is 34.1. The smallest absolute Gasteiger partial charge is 0.463 e. The Hall–Kier alpha value is -3.59. The number of carbonyl (C=O) groups excluding carboxylic acids is 2. The number of aliphatic hydroxyl groups is 1. The van der Waals surface area contributed by atoms with E-state index in [2.05, 4.69) is 141 Å². The second kappa shape index (κ2) is 51.8. The second-order valence-corrected chi connectivity index (χ2v) is 18.2. The van der Waals surface area contributed by atoms with Crippen molar-refractivity contribution in [2.24, 2.45) is 0 Å². The van der Waals surface area contributed by atoms with Crippen molar-refractivity contribution in [1.82, 2.24) is 5.32 Å². The van der Waals surface area contributed by atoms with E-state index in [1.807, 2.05) is 0 Å². The summed E-state index contributed by atoms with van der Waals surface area (Å²) in [6.45, 7) is 3.36. The Kier molecular flexibility index (Phi) is 49.0. The van der Waals surface area contributed by atoms with Gasteiger partial charge in [-0.25, -0.2) is 4.57 Å².